The molecular formula is C13H27NO. The molecule has 0 spiro atoms. The van der Waals surface area contributed by atoms with Crippen LogP contribution in [0.3, 0.4) is 0 Å². The van der Waals surface area contributed by atoms with Crippen LogP contribution in [0.15, 0.2) is 0 Å². The molecule has 1 aliphatic rings. The van der Waals surface area contributed by atoms with Crippen LogP contribution in [0.5, 0.6) is 0 Å². The third kappa shape index (κ3) is 3.18. The number of rotatable bonds is 5. The van der Waals surface area contributed by atoms with Crippen LogP contribution in [-0.2, 0) is 4.74 Å². The lowest BCUT2D eigenvalue weighted by Crippen LogP contribution is -2.51. The van der Waals surface area contributed by atoms with Crippen molar-refractivity contribution in [3.8, 4) is 0 Å². The van der Waals surface area contributed by atoms with Gasteiger partial charge in [-0.2, -0.15) is 0 Å². The summed E-state index contributed by atoms with van der Waals surface area (Å²) >= 11 is 0. The summed E-state index contributed by atoms with van der Waals surface area (Å²) in [6.07, 6.45) is 8.40. The van der Waals surface area contributed by atoms with Crippen molar-refractivity contribution in [3.63, 3.8) is 0 Å². The summed E-state index contributed by atoms with van der Waals surface area (Å²) in [6.45, 7) is 4.55. The molecule has 1 rings (SSSR count). The first-order chi connectivity index (χ1) is 7.14. The molecule has 15 heavy (non-hydrogen) atoms. The van der Waals surface area contributed by atoms with Crippen LogP contribution in [0.25, 0.3) is 0 Å². The van der Waals surface area contributed by atoms with Gasteiger partial charge >= 0.3 is 0 Å². The van der Waals surface area contributed by atoms with E-state index in [0.717, 1.165) is 25.2 Å². The van der Waals surface area contributed by atoms with E-state index in [1.54, 1.807) is 0 Å². The predicted molar refractivity (Wildman–Crippen MR) is 64.9 cm³/mol. The van der Waals surface area contributed by atoms with Crippen LogP contribution in [0.1, 0.15) is 58.8 Å². The highest BCUT2D eigenvalue weighted by atomic mass is 16.5. The zero-order chi connectivity index (χ0) is 11.3. The van der Waals surface area contributed by atoms with E-state index < -0.39 is 0 Å². The molecule has 1 fully saturated rings. The van der Waals surface area contributed by atoms with Crippen LogP contribution in [-0.4, -0.2) is 18.8 Å². The maximum absolute atomic E-state index is 6.30. The summed E-state index contributed by atoms with van der Waals surface area (Å²) in [5, 5.41) is 0. The maximum Gasteiger partial charge on any atom is 0.0829 e. The topological polar surface area (TPSA) is 35.2 Å². The van der Waals surface area contributed by atoms with Crippen LogP contribution >= 0.6 is 0 Å². The molecule has 0 saturated heterocycles. The average molecular weight is 213 g/mol. The van der Waals surface area contributed by atoms with E-state index in [9.17, 15) is 0 Å². The number of methoxy groups -OCH3 is 1. The first-order valence-corrected chi connectivity index (χ1v) is 6.45. The van der Waals surface area contributed by atoms with Gasteiger partial charge in [0.1, 0.15) is 0 Å². The minimum Gasteiger partial charge on any atom is -0.377 e. The lowest BCUT2D eigenvalue weighted by Gasteiger charge is -2.42. The van der Waals surface area contributed by atoms with Gasteiger partial charge in [0.25, 0.3) is 0 Å². The molecule has 1 atom stereocenters. The van der Waals surface area contributed by atoms with E-state index in [1.165, 1.54) is 25.7 Å². The van der Waals surface area contributed by atoms with E-state index in [1.807, 2.05) is 7.11 Å². The second-order valence-corrected chi connectivity index (χ2v) is 5.20. The van der Waals surface area contributed by atoms with E-state index >= 15 is 0 Å². The lowest BCUT2D eigenvalue weighted by atomic mass is 9.74. The molecule has 0 aliphatic heterocycles. The highest BCUT2D eigenvalue weighted by Gasteiger charge is 2.39. The molecule has 1 saturated carbocycles. The van der Waals surface area contributed by atoms with Crippen LogP contribution in [0, 0.1) is 5.92 Å². The van der Waals surface area contributed by atoms with E-state index in [2.05, 4.69) is 13.8 Å². The Morgan fingerprint density at radius 2 is 2.00 bits per heavy atom. The smallest absolute Gasteiger partial charge is 0.0829 e. The van der Waals surface area contributed by atoms with Crippen LogP contribution in [0.4, 0.5) is 0 Å². The molecule has 0 heterocycles. The fraction of sp³-hybridized carbons (Fsp3) is 1.00. The van der Waals surface area contributed by atoms with Gasteiger partial charge in [0.15, 0.2) is 0 Å². The summed E-state index contributed by atoms with van der Waals surface area (Å²) < 4.78 is 5.76. The molecule has 2 nitrogen and oxygen atoms in total. The number of hydrogen-bond acceptors (Lipinski definition) is 2. The van der Waals surface area contributed by atoms with Gasteiger partial charge in [-0.15, -0.1) is 0 Å². The molecule has 0 aromatic heterocycles. The average Bonchev–Trinajstić information content (AvgIpc) is 2.27. The SMILES string of the molecule is CCCCC(N)C1(OC)CCC(C)CC1. The first-order valence-electron chi connectivity index (χ1n) is 6.45. The Bertz CT molecular complexity index is 173. The van der Waals surface area contributed by atoms with Gasteiger partial charge in [-0.05, 0) is 38.0 Å². The minimum atomic E-state index is -0.0122. The number of unbranched alkanes of at least 4 members (excludes halogenated alkanes) is 1. The zero-order valence-corrected chi connectivity index (χ0v) is 10.6. The van der Waals surface area contributed by atoms with E-state index in [-0.39, 0.29) is 11.6 Å². The van der Waals surface area contributed by atoms with Crippen molar-refractivity contribution in [1.82, 2.24) is 0 Å². The van der Waals surface area contributed by atoms with Crippen molar-refractivity contribution in [2.75, 3.05) is 7.11 Å². The Balaban J connectivity index is 2.51. The fourth-order valence-electron chi connectivity index (χ4n) is 2.66. The molecule has 0 aromatic rings. The molecule has 0 aromatic carbocycles. The van der Waals surface area contributed by atoms with Gasteiger partial charge in [0.05, 0.1) is 5.60 Å². The lowest BCUT2D eigenvalue weighted by molar-refractivity contribution is -0.0679. The molecule has 0 amide bonds. The third-order valence-electron chi connectivity index (χ3n) is 4.07. The summed E-state index contributed by atoms with van der Waals surface area (Å²) in [7, 11) is 1.84. The van der Waals surface area contributed by atoms with Gasteiger partial charge in [-0.25, -0.2) is 0 Å². The summed E-state index contributed by atoms with van der Waals surface area (Å²) in [5.74, 6) is 0.853. The quantitative estimate of drug-likeness (QED) is 0.761. The molecule has 1 unspecified atom stereocenters. The maximum atomic E-state index is 6.30. The highest BCUT2D eigenvalue weighted by molar-refractivity contribution is 4.94. The Morgan fingerprint density at radius 3 is 2.47 bits per heavy atom. The molecule has 0 radical (unpaired) electrons. The second kappa shape index (κ2) is 5.86. The molecule has 0 bridgehead atoms. The van der Waals surface area contributed by atoms with Crippen molar-refractivity contribution in [1.29, 1.82) is 0 Å². The van der Waals surface area contributed by atoms with Crippen LogP contribution in [0.2, 0.25) is 0 Å². The van der Waals surface area contributed by atoms with Gasteiger partial charge in [-0.1, -0.05) is 26.7 Å². The monoisotopic (exact) mass is 213 g/mol. The molecule has 1 aliphatic carbocycles. The van der Waals surface area contributed by atoms with Gasteiger partial charge in [0, 0.05) is 13.2 Å². The highest BCUT2D eigenvalue weighted by Crippen LogP contribution is 2.37. The zero-order valence-electron chi connectivity index (χ0n) is 10.6. The normalized spacial score (nSPS) is 34.0. The Labute approximate surface area is 94.6 Å². The van der Waals surface area contributed by atoms with Crippen LogP contribution < -0.4 is 5.73 Å². The second-order valence-electron chi connectivity index (χ2n) is 5.20. The Kier molecular flexibility index (Phi) is 5.07. The van der Waals surface area contributed by atoms with E-state index in [0.29, 0.717) is 0 Å². The van der Waals surface area contributed by atoms with Crippen molar-refractivity contribution >= 4 is 0 Å². The van der Waals surface area contributed by atoms with Gasteiger partial charge in [-0.3, -0.25) is 0 Å². The van der Waals surface area contributed by atoms with Crippen molar-refractivity contribution in [2.24, 2.45) is 11.7 Å². The Morgan fingerprint density at radius 1 is 1.40 bits per heavy atom. The first kappa shape index (κ1) is 13.0. The molecule has 2 heteroatoms. The third-order valence-corrected chi connectivity index (χ3v) is 4.07. The summed E-state index contributed by atoms with van der Waals surface area (Å²) in [4.78, 5) is 0. The molecule has 90 valence electrons. The minimum absolute atomic E-state index is 0.0122. The predicted octanol–water partition coefficient (Wildman–Crippen LogP) is 3.10. The number of ether oxygens (including phenoxy) is 1. The summed E-state index contributed by atoms with van der Waals surface area (Å²) in [6, 6.07) is 0.231. The number of nitrogens with two attached hydrogens (primary N) is 1. The van der Waals surface area contributed by atoms with E-state index in [4.69, 9.17) is 10.5 Å². The largest absolute Gasteiger partial charge is 0.377 e. The van der Waals surface area contributed by atoms with Gasteiger partial charge < -0.3 is 10.5 Å². The van der Waals surface area contributed by atoms with Gasteiger partial charge in [0.2, 0.25) is 0 Å². The molecule has 2 N–H and O–H groups in total. The molecular weight excluding hydrogens is 186 g/mol. The van der Waals surface area contributed by atoms with Crippen molar-refractivity contribution in [2.45, 2.75) is 70.4 Å². The van der Waals surface area contributed by atoms with Crippen molar-refractivity contribution < 1.29 is 4.74 Å². The van der Waals surface area contributed by atoms with Crippen molar-refractivity contribution in [3.05, 3.63) is 0 Å². The standard InChI is InChI=1S/C13H27NO/c1-4-5-6-12(14)13(15-3)9-7-11(2)8-10-13/h11-12H,4-10,14H2,1-3H3. The Hall–Kier alpha value is -0.0800. The summed E-state index contributed by atoms with van der Waals surface area (Å²) in [5.41, 5.74) is 6.29. The number of hydrogen-bond donors (Lipinski definition) is 1. The fourth-order valence-corrected chi connectivity index (χ4v) is 2.66.